The van der Waals surface area contributed by atoms with E-state index in [0.717, 1.165) is 24.9 Å². The fraction of sp³-hybridized carbons (Fsp3) is 0.588. The molecule has 0 N–H and O–H groups in total. The van der Waals surface area contributed by atoms with E-state index in [-0.39, 0.29) is 11.3 Å². The van der Waals surface area contributed by atoms with Gasteiger partial charge in [-0.1, -0.05) is 37.6 Å². The van der Waals surface area contributed by atoms with Gasteiger partial charge < -0.3 is 9.64 Å². The first-order valence-electron chi connectivity index (χ1n) is 7.49. The second-order valence-electron chi connectivity index (χ2n) is 6.42. The predicted octanol–water partition coefficient (Wildman–Crippen LogP) is 3.75. The van der Waals surface area contributed by atoms with Crippen molar-refractivity contribution in [1.29, 1.82) is 0 Å². The minimum atomic E-state index is -0.276. The van der Waals surface area contributed by atoms with Gasteiger partial charge in [-0.25, -0.2) is 0 Å². The molecule has 2 rings (SSSR count). The van der Waals surface area contributed by atoms with Crippen molar-refractivity contribution in [2.75, 3.05) is 20.3 Å². The molecule has 1 amide bonds. The monoisotopic (exact) mass is 309 g/mol. The summed E-state index contributed by atoms with van der Waals surface area (Å²) in [6.45, 7) is 6.16. The summed E-state index contributed by atoms with van der Waals surface area (Å²) in [7, 11) is 1.66. The first kappa shape index (κ1) is 16.3. The molecule has 21 heavy (non-hydrogen) atoms. The van der Waals surface area contributed by atoms with Crippen LogP contribution in [0.5, 0.6) is 0 Å². The number of methoxy groups -OCH3 is 1. The van der Waals surface area contributed by atoms with E-state index in [1.165, 1.54) is 0 Å². The molecule has 0 bridgehead atoms. The lowest BCUT2D eigenvalue weighted by Crippen LogP contribution is -2.40. The molecule has 0 aromatic heterocycles. The maximum absolute atomic E-state index is 12.9. The first-order valence-corrected chi connectivity index (χ1v) is 7.87. The summed E-state index contributed by atoms with van der Waals surface area (Å²) in [5.41, 5.74) is 0.798. The molecule has 0 heterocycles. The number of ether oxygens (including phenoxy) is 1. The Balaban J connectivity index is 2.13. The summed E-state index contributed by atoms with van der Waals surface area (Å²) in [5.74, 6) is 0.657. The molecule has 0 saturated heterocycles. The largest absolute Gasteiger partial charge is 0.384 e. The Bertz CT molecular complexity index is 497. The van der Waals surface area contributed by atoms with Gasteiger partial charge >= 0.3 is 0 Å². The van der Waals surface area contributed by atoms with E-state index >= 15 is 0 Å². The van der Waals surface area contributed by atoms with Crippen molar-refractivity contribution >= 4 is 17.5 Å². The fourth-order valence-corrected chi connectivity index (χ4v) is 2.91. The SMILES string of the molecule is COCC1(C(=O)N(Cc2cccc(Cl)c2)CC(C)C)CC1. The maximum atomic E-state index is 12.9. The van der Waals surface area contributed by atoms with Crippen LogP contribution in [0.2, 0.25) is 5.02 Å². The summed E-state index contributed by atoms with van der Waals surface area (Å²) in [4.78, 5) is 14.8. The molecule has 1 aliphatic carbocycles. The number of hydrogen-bond acceptors (Lipinski definition) is 2. The average Bonchev–Trinajstić information content (AvgIpc) is 3.18. The van der Waals surface area contributed by atoms with Crippen molar-refractivity contribution in [3.63, 3.8) is 0 Å². The molecule has 4 heteroatoms. The van der Waals surface area contributed by atoms with E-state index < -0.39 is 0 Å². The minimum Gasteiger partial charge on any atom is -0.384 e. The molecule has 0 spiro atoms. The molecule has 1 aromatic carbocycles. The van der Waals surface area contributed by atoms with E-state index in [4.69, 9.17) is 16.3 Å². The number of rotatable bonds is 7. The molecular weight excluding hydrogens is 286 g/mol. The van der Waals surface area contributed by atoms with Crippen molar-refractivity contribution in [2.45, 2.75) is 33.2 Å². The number of benzene rings is 1. The topological polar surface area (TPSA) is 29.5 Å². The van der Waals surface area contributed by atoms with E-state index in [2.05, 4.69) is 13.8 Å². The maximum Gasteiger partial charge on any atom is 0.231 e. The van der Waals surface area contributed by atoms with Gasteiger partial charge in [0.1, 0.15) is 0 Å². The molecule has 116 valence electrons. The number of hydrogen-bond donors (Lipinski definition) is 0. The zero-order valence-electron chi connectivity index (χ0n) is 13.1. The van der Waals surface area contributed by atoms with E-state index in [0.29, 0.717) is 24.1 Å². The molecule has 0 unspecified atom stereocenters. The molecule has 1 aliphatic rings. The van der Waals surface area contributed by atoms with Crippen LogP contribution < -0.4 is 0 Å². The molecule has 1 fully saturated rings. The second kappa shape index (κ2) is 6.80. The van der Waals surface area contributed by atoms with Gasteiger partial charge in [0, 0.05) is 25.2 Å². The lowest BCUT2D eigenvalue weighted by atomic mass is 10.0. The van der Waals surface area contributed by atoms with Gasteiger partial charge in [0.05, 0.1) is 12.0 Å². The van der Waals surface area contributed by atoms with Crippen LogP contribution >= 0.6 is 11.6 Å². The van der Waals surface area contributed by atoms with E-state index in [1.807, 2.05) is 29.2 Å². The molecule has 0 radical (unpaired) electrons. The van der Waals surface area contributed by atoms with Crippen molar-refractivity contribution in [3.05, 3.63) is 34.9 Å². The number of nitrogens with zero attached hydrogens (tertiary/aromatic N) is 1. The normalized spacial score (nSPS) is 16.0. The Morgan fingerprint density at radius 2 is 2.14 bits per heavy atom. The van der Waals surface area contributed by atoms with Gasteiger partial charge in [0.25, 0.3) is 0 Å². The quantitative estimate of drug-likeness (QED) is 0.767. The fourth-order valence-electron chi connectivity index (χ4n) is 2.70. The van der Waals surface area contributed by atoms with Crippen molar-refractivity contribution < 1.29 is 9.53 Å². The molecule has 1 aromatic rings. The van der Waals surface area contributed by atoms with Crippen LogP contribution in [-0.2, 0) is 16.1 Å². The van der Waals surface area contributed by atoms with Crippen LogP contribution in [0.25, 0.3) is 0 Å². The third kappa shape index (κ3) is 4.21. The summed E-state index contributed by atoms with van der Waals surface area (Å²) in [6, 6.07) is 7.73. The van der Waals surface area contributed by atoms with E-state index in [9.17, 15) is 4.79 Å². The van der Waals surface area contributed by atoms with Crippen LogP contribution in [0, 0.1) is 11.3 Å². The standard InChI is InChI=1S/C17H24ClNO2/c1-13(2)10-19(11-14-5-4-6-15(18)9-14)16(20)17(7-8-17)12-21-3/h4-6,9,13H,7-8,10-12H2,1-3H3. The van der Waals surface area contributed by atoms with Crippen molar-refractivity contribution in [2.24, 2.45) is 11.3 Å². The Labute approximate surface area is 132 Å². The highest BCUT2D eigenvalue weighted by Gasteiger charge is 2.51. The molecule has 3 nitrogen and oxygen atoms in total. The number of amides is 1. The van der Waals surface area contributed by atoms with Crippen molar-refractivity contribution in [3.8, 4) is 0 Å². The molecule has 0 aliphatic heterocycles. The Kier molecular flexibility index (Phi) is 5.28. The zero-order valence-corrected chi connectivity index (χ0v) is 13.8. The molecule has 1 saturated carbocycles. The van der Waals surface area contributed by atoms with Gasteiger partial charge in [0.2, 0.25) is 5.91 Å². The van der Waals surface area contributed by atoms with Crippen LogP contribution in [0.15, 0.2) is 24.3 Å². The predicted molar refractivity (Wildman–Crippen MR) is 85.3 cm³/mol. The Hall–Kier alpha value is -1.06. The van der Waals surface area contributed by atoms with Gasteiger partial charge in [0.15, 0.2) is 0 Å². The number of carbonyl (C=O) groups excluding carboxylic acids is 1. The average molecular weight is 310 g/mol. The highest BCUT2D eigenvalue weighted by molar-refractivity contribution is 6.30. The molecular formula is C17H24ClNO2. The summed E-state index contributed by atoms with van der Waals surface area (Å²) in [6.07, 6.45) is 1.87. The van der Waals surface area contributed by atoms with Gasteiger partial charge in [-0.05, 0) is 36.5 Å². The highest BCUT2D eigenvalue weighted by atomic mass is 35.5. The smallest absolute Gasteiger partial charge is 0.231 e. The number of halogens is 1. The lowest BCUT2D eigenvalue weighted by Gasteiger charge is -2.29. The first-order chi connectivity index (χ1) is 9.97. The second-order valence-corrected chi connectivity index (χ2v) is 6.86. The summed E-state index contributed by atoms with van der Waals surface area (Å²) < 4.78 is 5.25. The third-order valence-corrected chi connectivity index (χ3v) is 4.10. The highest BCUT2D eigenvalue weighted by Crippen LogP contribution is 2.47. The van der Waals surface area contributed by atoms with E-state index in [1.54, 1.807) is 7.11 Å². The number of carbonyl (C=O) groups is 1. The zero-order chi connectivity index (χ0) is 15.5. The third-order valence-electron chi connectivity index (χ3n) is 3.86. The van der Waals surface area contributed by atoms with Gasteiger partial charge in [-0.3, -0.25) is 4.79 Å². The van der Waals surface area contributed by atoms with Crippen LogP contribution in [0.4, 0.5) is 0 Å². The summed E-state index contributed by atoms with van der Waals surface area (Å²) in [5, 5.41) is 0.711. The lowest BCUT2D eigenvalue weighted by molar-refractivity contribution is -0.140. The van der Waals surface area contributed by atoms with Gasteiger partial charge in [-0.15, -0.1) is 0 Å². The Morgan fingerprint density at radius 1 is 1.43 bits per heavy atom. The summed E-state index contributed by atoms with van der Waals surface area (Å²) >= 11 is 6.04. The van der Waals surface area contributed by atoms with Crippen molar-refractivity contribution in [1.82, 2.24) is 4.90 Å². The Morgan fingerprint density at radius 3 is 2.67 bits per heavy atom. The van der Waals surface area contributed by atoms with Crippen LogP contribution in [0.1, 0.15) is 32.3 Å². The van der Waals surface area contributed by atoms with Gasteiger partial charge in [-0.2, -0.15) is 0 Å². The van der Waals surface area contributed by atoms with Crippen LogP contribution in [-0.4, -0.2) is 31.1 Å². The molecule has 0 atom stereocenters. The minimum absolute atomic E-state index is 0.220. The van der Waals surface area contributed by atoms with Crippen LogP contribution in [0.3, 0.4) is 0 Å².